The van der Waals surface area contributed by atoms with E-state index in [0.717, 1.165) is 11.3 Å². The van der Waals surface area contributed by atoms with E-state index in [2.05, 4.69) is 20.3 Å². The maximum absolute atomic E-state index is 12.5. The van der Waals surface area contributed by atoms with Gasteiger partial charge in [-0.05, 0) is 24.6 Å². The number of aryl methyl sites for hydroxylation is 1. The zero-order valence-electron chi connectivity index (χ0n) is 14.6. The van der Waals surface area contributed by atoms with Crippen molar-refractivity contribution in [3.63, 3.8) is 0 Å². The summed E-state index contributed by atoms with van der Waals surface area (Å²) in [5.74, 6) is 1.15. The average molecular weight is 342 g/mol. The SMILES string of the molecule is Cc1ccc(NC(=O)N2CCO[C@H](c3ccnc(N(C)C)n3)C2)nc1. The summed E-state index contributed by atoms with van der Waals surface area (Å²) in [6.45, 7) is 3.37. The van der Waals surface area contributed by atoms with Crippen molar-refractivity contribution in [1.29, 1.82) is 0 Å². The molecule has 0 radical (unpaired) electrons. The van der Waals surface area contributed by atoms with Gasteiger partial charge in [-0.2, -0.15) is 0 Å². The lowest BCUT2D eigenvalue weighted by atomic mass is 10.2. The maximum atomic E-state index is 12.5. The average Bonchev–Trinajstić information content (AvgIpc) is 2.64. The minimum absolute atomic E-state index is 0.188. The van der Waals surface area contributed by atoms with Gasteiger partial charge in [0, 0.05) is 33.0 Å². The number of urea groups is 1. The zero-order chi connectivity index (χ0) is 17.8. The van der Waals surface area contributed by atoms with Crippen LogP contribution in [0.5, 0.6) is 0 Å². The van der Waals surface area contributed by atoms with Crippen LogP contribution in [0.15, 0.2) is 30.6 Å². The first-order chi connectivity index (χ1) is 12.0. The number of pyridine rings is 1. The van der Waals surface area contributed by atoms with Crippen LogP contribution < -0.4 is 10.2 Å². The van der Waals surface area contributed by atoms with Crippen LogP contribution in [0.25, 0.3) is 0 Å². The molecule has 1 aliphatic heterocycles. The lowest BCUT2D eigenvalue weighted by Gasteiger charge is -2.32. The molecule has 25 heavy (non-hydrogen) atoms. The number of anilines is 2. The number of ether oxygens (including phenoxy) is 1. The Kier molecular flexibility index (Phi) is 5.08. The number of aromatic nitrogens is 3. The highest BCUT2D eigenvalue weighted by atomic mass is 16.5. The molecule has 2 amide bonds. The summed E-state index contributed by atoms with van der Waals surface area (Å²) in [7, 11) is 3.77. The first-order valence-electron chi connectivity index (χ1n) is 8.13. The summed E-state index contributed by atoms with van der Waals surface area (Å²) in [6.07, 6.45) is 3.16. The molecule has 8 nitrogen and oxygen atoms in total. The Morgan fingerprint density at radius 1 is 1.32 bits per heavy atom. The molecule has 1 saturated heterocycles. The van der Waals surface area contributed by atoms with Gasteiger partial charge in [0.2, 0.25) is 5.95 Å². The second-order valence-electron chi connectivity index (χ2n) is 6.13. The highest BCUT2D eigenvalue weighted by Gasteiger charge is 2.27. The van der Waals surface area contributed by atoms with Gasteiger partial charge in [0.15, 0.2) is 0 Å². The molecule has 8 heteroatoms. The number of morpholine rings is 1. The summed E-state index contributed by atoms with van der Waals surface area (Å²) in [5, 5.41) is 2.82. The van der Waals surface area contributed by atoms with Crippen molar-refractivity contribution in [2.75, 3.05) is 44.0 Å². The van der Waals surface area contributed by atoms with Gasteiger partial charge in [0.25, 0.3) is 0 Å². The Labute approximate surface area is 146 Å². The van der Waals surface area contributed by atoms with Crippen LogP contribution in [-0.2, 0) is 4.74 Å². The van der Waals surface area contributed by atoms with E-state index in [1.54, 1.807) is 23.4 Å². The maximum Gasteiger partial charge on any atom is 0.323 e. The molecule has 1 atom stereocenters. The molecule has 0 unspecified atom stereocenters. The third-order valence-electron chi connectivity index (χ3n) is 3.89. The van der Waals surface area contributed by atoms with Crippen LogP contribution in [0.3, 0.4) is 0 Å². The number of carbonyl (C=O) groups is 1. The van der Waals surface area contributed by atoms with Crippen LogP contribution in [-0.4, -0.2) is 59.7 Å². The Morgan fingerprint density at radius 3 is 2.88 bits per heavy atom. The van der Waals surface area contributed by atoms with E-state index in [4.69, 9.17) is 4.74 Å². The van der Waals surface area contributed by atoms with Crippen molar-refractivity contribution in [1.82, 2.24) is 19.9 Å². The lowest BCUT2D eigenvalue weighted by molar-refractivity contribution is -0.0157. The molecule has 1 fully saturated rings. The molecule has 1 N–H and O–H groups in total. The quantitative estimate of drug-likeness (QED) is 0.916. The fourth-order valence-electron chi connectivity index (χ4n) is 2.50. The van der Waals surface area contributed by atoms with Gasteiger partial charge in [0.05, 0.1) is 18.8 Å². The highest BCUT2D eigenvalue weighted by Crippen LogP contribution is 2.22. The van der Waals surface area contributed by atoms with E-state index < -0.39 is 0 Å². The normalized spacial score (nSPS) is 17.2. The first kappa shape index (κ1) is 17.1. The number of amides is 2. The van der Waals surface area contributed by atoms with Crippen LogP contribution in [0.1, 0.15) is 17.4 Å². The van der Waals surface area contributed by atoms with E-state index >= 15 is 0 Å². The Balaban J connectivity index is 1.67. The zero-order valence-corrected chi connectivity index (χ0v) is 14.6. The molecule has 1 aliphatic rings. The summed E-state index contributed by atoms with van der Waals surface area (Å²) in [4.78, 5) is 28.9. The second-order valence-corrected chi connectivity index (χ2v) is 6.13. The van der Waals surface area contributed by atoms with Crippen LogP contribution in [0, 0.1) is 6.92 Å². The van der Waals surface area contributed by atoms with Gasteiger partial charge in [-0.1, -0.05) is 6.07 Å². The largest absolute Gasteiger partial charge is 0.368 e. The topological polar surface area (TPSA) is 83.5 Å². The first-order valence-corrected chi connectivity index (χ1v) is 8.13. The summed E-state index contributed by atoms with van der Waals surface area (Å²) < 4.78 is 5.80. The summed E-state index contributed by atoms with van der Waals surface area (Å²) in [5.41, 5.74) is 1.81. The molecule has 0 saturated carbocycles. The summed E-state index contributed by atoms with van der Waals surface area (Å²) in [6, 6.07) is 5.33. The third-order valence-corrected chi connectivity index (χ3v) is 3.89. The van der Waals surface area contributed by atoms with Gasteiger partial charge >= 0.3 is 6.03 Å². The van der Waals surface area contributed by atoms with Crippen molar-refractivity contribution in [2.24, 2.45) is 0 Å². The highest BCUT2D eigenvalue weighted by molar-refractivity contribution is 5.88. The van der Waals surface area contributed by atoms with Crippen LogP contribution >= 0.6 is 0 Å². The Hall–Kier alpha value is -2.74. The van der Waals surface area contributed by atoms with Crippen molar-refractivity contribution in [2.45, 2.75) is 13.0 Å². The van der Waals surface area contributed by atoms with Gasteiger partial charge in [-0.25, -0.2) is 19.7 Å². The van der Waals surface area contributed by atoms with Gasteiger partial charge in [-0.3, -0.25) is 5.32 Å². The molecule has 0 bridgehead atoms. The standard InChI is InChI=1S/C17H22N6O2/c1-12-4-5-15(19-10-12)21-17(24)23-8-9-25-14(11-23)13-6-7-18-16(20-13)22(2)3/h4-7,10,14H,8-9,11H2,1-3H3,(H,19,21,24)/t14-/m0/s1. The smallest absolute Gasteiger partial charge is 0.323 e. The van der Waals surface area contributed by atoms with Crippen molar-refractivity contribution < 1.29 is 9.53 Å². The van der Waals surface area contributed by atoms with Gasteiger partial charge in [0.1, 0.15) is 11.9 Å². The molecule has 132 valence electrons. The van der Waals surface area contributed by atoms with E-state index in [-0.39, 0.29) is 12.1 Å². The van der Waals surface area contributed by atoms with Crippen molar-refractivity contribution in [3.8, 4) is 0 Å². The van der Waals surface area contributed by atoms with E-state index in [1.807, 2.05) is 38.1 Å². The number of rotatable bonds is 3. The molecule has 3 heterocycles. The predicted molar refractivity (Wildman–Crippen MR) is 94.6 cm³/mol. The number of hydrogen-bond acceptors (Lipinski definition) is 6. The van der Waals surface area contributed by atoms with Gasteiger partial charge in [-0.15, -0.1) is 0 Å². The van der Waals surface area contributed by atoms with Crippen LogP contribution in [0.4, 0.5) is 16.6 Å². The number of nitrogens with zero attached hydrogens (tertiary/aromatic N) is 5. The minimum atomic E-state index is -0.271. The molecule has 0 spiro atoms. The number of nitrogens with one attached hydrogen (secondary N) is 1. The molecular weight excluding hydrogens is 320 g/mol. The molecule has 2 aromatic heterocycles. The third kappa shape index (κ3) is 4.21. The van der Waals surface area contributed by atoms with E-state index in [1.165, 1.54) is 0 Å². The summed E-state index contributed by atoms with van der Waals surface area (Å²) >= 11 is 0. The number of hydrogen-bond donors (Lipinski definition) is 1. The van der Waals surface area contributed by atoms with Crippen LogP contribution in [0.2, 0.25) is 0 Å². The fraction of sp³-hybridized carbons (Fsp3) is 0.412. The Bertz CT molecular complexity index is 734. The fourth-order valence-corrected chi connectivity index (χ4v) is 2.50. The minimum Gasteiger partial charge on any atom is -0.368 e. The van der Waals surface area contributed by atoms with Gasteiger partial charge < -0.3 is 14.5 Å². The number of carbonyl (C=O) groups excluding carboxylic acids is 1. The molecule has 3 rings (SSSR count). The van der Waals surface area contributed by atoms with E-state index in [9.17, 15) is 4.79 Å². The Morgan fingerprint density at radius 2 is 2.16 bits per heavy atom. The predicted octanol–water partition coefficient (Wildman–Crippen LogP) is 1.85. The molecular formula is C17H22N6O2. The van der Waals surface area contributed by atoms with Crippen molar-refractivity contribution in [3.05, 3.63) is 41.9 Å². The molecule has 0 aromatic carbocycles. The van der Waals surface area contributed by atoms with Crippen molar-refractivity contribution >= 4 is 17.8 Å². The van der Waals surface area contributed by atoms with E-state index in [0.29, 0.717) is 31.5 Å². The monoisotopic (exact) mass is 342 g/mol. The lowest BCUT2D eigenvalue weighted by Crippen LogP contribution is -2.44. The molecule has 2 aromatic rings. The molecule has 0 aliphatic carbocycles. The second kappa shape index (κ2) is 7.43.